The van der Waals surface area contributed by atoms with Crippen molar-refractivity contribution in [3.8, 4) is 5.75 Å². The lowest BCUT2D eigenvalue weighted by atomic mass is 9.96. The van der Waals surface area contributed by atoms with E-state index in [1.165, 1.54) is 0 Å². The van der Waals surface area contributed by atoms with Gasteiger partial charge in [-0.1, -0.05) is 30.3 Å². The molecule has 1 atom stereocenters. The molecule has 2 aliphatic heterocycles. The van der Waals surface area contributed by atoms with Crippen LogP contribution in [-0.2, 0) is 9.59 Å². The lowest BCUT2D eigenvalue weighted by Gasteiger charge is -2.33. The molecule has 4 rings (SSSR count). The number of anilines is 1. The molecule has 2 aromatic carbocycles. The van der Waals surface area contributed by atoms with Crippen LogP contribution < -0.4 is 9.64 Å². The zero-order valence-corrected chi connectivity index (χ0v) is 17.9. The third-order valence-corrected chi connectivity index (χ3v) is 6.44. The maximum atomic E-state index is 13.0. The molecule has 0 radical (unpaired) electrons. The molecule has 2 heterocycles. The number of benzene rings is 2. The summed E-state index contributed by atoms with van der Waals surface area (Å²) >= 11 is 3.50. The van der Waals surface area contributed by atoms with E-state index in [1.54, 1.807) is 4.90 Å². The Bertz CT molecular complexity index is 865. The van der Waals surface area contributed by atoms with E-state index in [4.69, 9.17) is 4.74 Å². The summed E-state index contributed by atoms with van der Waals surface area (Å²) in [5.74, 6) is 1.22. The lowest BCUT2D eigenvalue weighted by molar-refractivity contribution is -0.137. The van der Waals surface area contributed by atoms with Gasteiger partial charge in [0.25, 0.3) is 0 Å². The molecule has 2 saturated heterocycles. The van der Waals surface area contributed by atoms with Gasteiger partial charge < -0.3 is 14.5 Å². The summed E-state index contributed by atoms with van der Waals surface area (Å²) < 4.78 is 6.75. The summed E-state index contributed by atoms with van der Waals surface area (Å²) in [5, 5.41) is 0. The molecule has 2 aliphatic rings. The summed E-state index contributed by atoms with van der Waals surface area (Å²) in [4.78, 5) is 29.2. The number of carbonyl (C=O) groups excluding carboxylic acids is 2. The minimum absolute atomic E-state index is 0.0152. The van der Waals surface area contributed by atoms with Crippen LogP contribution in [0, 0.1) is 11.8 Å². The van der Waals surface area contributed by atoms with E-state index >= 15 is 0 Å². The molecule has 2 aromatic rings. The number of halogens is 1. The number of rotatable bonds is 5. The largest absolute Gasteiger partial charge is 0.493 e. The van der Waals surface area contributed by atoms with Gasteiger partial charge in [0.2, 0.25) is 11.8 Å². The molecule has 0 spiro atoms. The average Bonchev–Trinajstić information content (AvgIpc) is 3.14. The highest BCUT2D eigenvalue weighted by molar-refractivity contribution is 9.10. The number of amides is 2. The Morgan fingerprint density at radius 1 is 1.03 bits per heavy atom. The average molecular weight is 457 g/mol. The lowest BCUT2D eigenvalue weighted by Crippen LogP contribution is -2.43. The van der Waals surface area contributed by atoms with Crippen LogP contribution in [0.3, 0.4) is 0 Å². The Morgan fingerprint density at radius 2 is 1.72 bits per heavy atom. The quantitative estimate of drug-likeness (QED) is 0.679. The summed E-state index contributed by atoms with van der Waals surface area (Å²) in [6, 6.07) is 17.5. The van der Waals surface area contributed by atoms with Crippen molar-refractivity contribution >= 4 is 33.4 Å². The fourth-order valence-corrected chi connectivity index (χ4v) is 4.58. The maximum Gasteiger partial charge on any atom is 0.228 e. The normalized spacial score (nSPS) is 20.2. The van der Waals surface area contributed by atoms with E-state index in [2.05, 4.69) is 15.9 Å². The van der Waals surface area contributed by atoms with Crippen LogP contribution in [0.1, 0.15) is 19.3 Å². The minimum atomic E-state index is -0.258. The highest BCUT2D eigenvalue weighted by atomic mass is 79.9. The van der Waals surface area contributed by atoms with Gasteiger partial charge in [-0.2, -0.15) is 0 Å². The van der Waals surface area contributed by atoms with Crippen molar-refractivity contribution < 1.29 is 14.3 Å². The molecule has 2 fully saturated rings. The van der Waals surface area contributed by atoms with Crippen molar-refractivity contribution in [1.29, 1.82) is 0 Å². The van der Waals surface area contributed by atoms with Gasteiger partial charge in [-0.3, -0.25) is 9.59 Å². The molecule has 0 N–H and O–H groups in total. The fraction of sp³-hybridized carbons (Fsp3) is 0.391. The van der Waals surface area contributed by atoms with Crippen molar-refractivity contribution in [2.24, 2.45) is 11.8 Å². The Labute approximate surface area is 179 Å². The third-order valence-electron chi connectivity index (χ3n) is 5.77. The monoisotopic (exact) mass is 456 g/mol. The van der Waals surface area contributed by atoms with Crippen LogP contribution in [0.2, 0.25) is 0 Å². The van der Waals surface area contributed by atoms with Gasteiger partial charge in [0.05, 0.1) is 18.2 Å². The van der Waals surface area contributed by atoms with Crippen LogP contribution in [0.5, 0.6) is 5.75 Å². The molecular formula is C23H25BrN2O3. The van der Waals surface area contributed by atoms with E-state index in [9.17, 15) is 9.59 Å². The second-order valence-corrected chi connectivity index (χ2v) is 8.60. The summed E-state index contributed by atoms with van der Waals surface area (Å²) in [5.41, 5.74) is 0.838. The van der Waals surface area contributed by atoms with E-state index < -0.39 is 0 Å². The first-order valence-electron chi connectivity index (χ1n) is 10.1. The van der Waals surface area contributed by atoms with Gasteiger partial charge in [-0.15, -0.1) is 0 Å². The Balaban J connectivity index is 1.29. The topological polar surface area (TPSA) is 49.9 Å². The number of para-hydroxylation sites is 2. The fourth-order valence-electron chi connectivity index (χ4n) is 4.09. The molecule has 2 amide bonds. The molecule has 5 nitrogen and oxygen atoms in total. The molecule has 0 aromatic heterocycles. The first-order chi connectivity index (χ1) is 14.1. The zero-order valence-electron chi connectivity index (χ0n) is 16.3. The van der Waals surface area contributed by atoms with Crippen molar-refractivity contribution in [1.82, 2.24) is 4.90 Å². The first kappa shape index (κ1) is 20.0. The SMILES string of the molecule is O=C(C1CC(=O)N(c2ccccc2Br)C1)N1CCC(COc2ccccc2)CC1. The van der Waals surface area contributed by atoms with Crippen LogP contribution in [0.15, 0.2) is 59.1 Å². The van der Waals surface area contributed by atoms with E-state index in [0.29, 0.717) is 19.1 Å². The summed E-state index contributed by atoms with van der Waals surface area (Å²) in [6.07, 6.45) is 2.16. The van der Waals surface area contributed by atoms with E-state index in [-0.39, 0.29) is 24.2 Å². The van der Waals surface area contributed by atoms with Crippen LogP contribution in [0.4, 0.5) is 5.69 Å². The molecular weight excluding hydrogens is 432 g/mol. The highest BCUT2D eigenvalue weighted by Gasteiger charge is 2.38. The molecule has 0 aliphatic carbocycles. The Kier molecular flexibility index (Phi) is 6.19. The van der Waals surface area contributed by atoms with Crippen LogP contribution in [0.25, 0.3) is 0 Å². The minimum Gasteiger partial charge on any atom is -0.493 e. The van der Waals surface area contributed by atoms with Crippen molar-refractivity contribution in [2.45, 2.75) is 19.3 Å². The van der Waals surface area contributed by atoms with Gasteiger partial charge in [0.15, 0.2) is 0 Å². The highest BCUT2D eigenvalue weighted by Crippen LogP contribution is 2.32. The van der Waals surface area contributed by atoms with Crippen molar-refractivity contribution in [3.63, 3.8) is 0 Å². The van der Waals surface area contributed by atoms with Gasteiger partial charge in [0.1, 0.15) is 5.75 Å². The van der Waals surface area contributed by atoms with Crippen molar-refractivity contribution in [3.05, 3.63) is 59.1 Å². The number of carbonyl (C=O) groups is 2. The standard InChI is InChI=1S/C23H25BrN2O3/c24-20-8-4-5-9-21(20)26-15-18(14-22(26)27)23(28)25-12-10-17(11-13-25)16-29-19-6-2-1-3-7-19/h1-9,17-18H,10-16H2. The van der Waals surface area contributed by atoms with Gasteiger partial charge in [-0.05, 0) is 59.0 Å². The maximum absolute atomic E-state index is 13.0. The van der Waals surface area contributed by atoms with E-state index in [1.807, 2.05) is 59.5 Å². The molecule has 0 saturated carbocycles. The summed E-state index contributed by atoms with van der Waals surface area (Å²) in [7, 11) is 0. The third kappa shape index (κ3) is 4.64. The number of nitrogens with zero attached hydrogens (tertiary/aromatic N) is 2. The van der Waals surface area contributed by atoms with Gasteiger partial charge >= 0.3 is 0 Å². The molecule has 6 heteroatoms. The number of hydrogen-bond acceptors (Lipinski definition) is 3. The first-order valence-corrected chi connectivity index (χ1v) is 10.9. The molecule has 152 valence electrons. The number of hydrogen-bond donors (Lipinski definition) is 0. The van der Waals surface area contributed by atoms with Crippen molar-refractivity contribution in [2.75, 3.05) is 31.1 Å². The predicted molar refractivity (Wildman–Crippen MR) is 116 cm³/mol. The number of likely N-dealkylation sites (tertiary alicyclic amines) is 1. The van der Waals surface area contributed by atoms with Crippen LogP contribution >= 0.6 is 15.9 Å². The Morgan fingerprint density at radius 3 is 2.45 bits per heavy atom. The van der Waals surface area contributed by atoms with Gasteiger partial charge in [0, 0.05) is 30.5 Å². The second-order valence-electron chi connectivity index (χ2n) is 7.75. The molecule has 29 heavy (non-hydrogen) atoms. The zero-order chi connectivity index (χ0) is 20.2. The molecule has 0 bridgehead atoms. The Hall–Kier alpha value is -2.34. The molecule has 1 unspecified atom stereocenters. The van der Waals surface area contributed by atoms with E-state index in [0.717, 1.165) is 41.8 Å². The second kappa shape index (κ2) is 8.99. The smallest absolute Gasteiger partial charge is 0.228 e. The number of ether oxygens (including phenoxy) is 1. The summed E-state index contributed by atoms with van der Waals surface area (Å²) in [6.45, 7) is 2.61. The van der Waals surface area contributed by atoms with Crippen LogP contribution in [-0.4, -0.2) is 43.0 Å². The predicted octanol–water partition coefficient (Wildman–Crippen LogP) is 4.12. The van der Waals surface area contributed by atoms with Gasteiger partial charge in [-0.25, -0.2) is 0 Å². The number of piperidine rings is 1.